The molecule has 0 bridgehead atoms. The summed E-state index contributed by atoms with van der Waals surface area (Å²) in [7, 11) is 6.61. The molecule has 13 rings (SSSR count). The first-order valence-corrected chi connectivity index (χ1v) is 36.3. The summed E-state index contributed by atoms with van der Waals surface area (Å²) < 4.78 is 38.5. The van der Waals surface area contributed by atoms with Gasteiger partial charge in [0.15, 0.2) is 6.29 Å². The van der Waals surface area contributed by atoms with Gasteiger partial charge in [-0.3, -0.25) is 4.79 Å². The molecule has 5 aliphatic carbocycles. The molecule has 2 heterocycles. The Labute approximate surface area is 669 Å². The maximum absolute atomic E-state index is 10.4. The van der Waals surface area contributed by atoms with Crippen molar-refractivity contribution < 1.29 is 186 Å². The summed E-state index contributed by atoms with van der Waals surface area (Å²) in [5, 5.41) is 19.8. The Kier molecular flexibility index (Phi) is 37.3. The van der Waals surface area contributed by atoms with Gasteiger partial charge in [-0.1, -0.05) is 121 Å². The summed E-state index contributed by atoms with van der Waals surface area (Å²) >= 11 is 9.40. The number of halogens is 1. The molecule has 2 aliphatic heterocycles. The van der Waals surface area contributed by atoms with E-state index in [0.29, 0.717) is 11.8 Å². The Hall–Kier alpha value is 0.194. The molecule has 458 valence electrons. The third-order valence-electron chi connectivity index (χ3n) is 13.6. The molecule has 0 spiro atoms. The van der Waals surface area contributed by atoms with E-state index in [4.69, 9.17) is 33.2 Å². The summed E-state index contributed by atoms with van der Waals surface area (Å²) in [4.78, 5) is 17.0. The molecular formula is C68H81BrCs2O10S6. The van der Waals surface area contributed by atoms with Crippen molar-refractivity contribution in [2.24, 2.45) is 41.4 Å². The number of ether oxygens (including phenoxy) is 7. The van der Waals surface area contributed by atoms with Gasteiger partial charge in [0, 0.05) is 41.6 Å². The molecule has 2 unspecified atom stereocenters. The van der Waals surface area contributed by atoms with E-state index >= 15 is 0 Å². The number of hydrogen-bond donors (Lipinski definition) is 3. The van der Waals surface area contributed by atoms with Gasteiger partial charge >= 0.3 is 144 Å². The second-order valence-corrected chi connectivity index (χ2v) is 29.4. The summed E-state index contributed by atoms with van der Waals surface area (Å²) in [5.74, 6) is 9.33. The van der Waals surface area contributed by atoms with Crippen LogP contribution in [0, 0.1) is 54.6 Å². The first-order valence-electron chi connectivity index (χ1n) is 29.6. The van der Waals surface area contributed by atoms with Crippen LogP contribution in [0.25, 0.3) is 0 Å². The number of carbonyl (C=O) groups is 1. The van der Waals surface area contributed by atoms with Gasteiger partial charge in [0.25, 0.3) is 0 Å². The largest absolute Gasteiger partial charge is 1.00 e. The van der Waals surface area contributed by atoms with E-state index in [1.165, 1.54) is 91.1 Å². The van der Waals surface area contributed by atoms with Gasteiger partial charge in [-0.2, -0.15) is 0 Å². The molecule has 19 heteroatoms. The van der Waals surface area contributed by atoms with Gasteiger partial charge in [0.1, 0.15) is 34.5 Å². The number of carbonyl (C=O) groups excluding carboxylic acids is 1. The molecule has 0 radical (unpaired) electrons. The number of benzene rings is 6. The van der Waals surface area contributed by atoms with Crippen LogP contribution in [-0.4, -0.2) is 59.7 Å². The van der Waals surface area contributed by atoms with Crippen molar-refractivity contribution in [2.45, 2.75) is 139 Å². The fourth-order valence-corrected chi connectivity index (χ4v) is 13.7. The van der Waals surface area contributed by atoms with E-state index < -0.39 is 0 Å². The number of phenols is 2. The number of rotatable bonds is 22. The van der Waals surface area contributed by atoms with Gasteiger partial charge in [-0.15, -0.1) is 24.5 Å². The molecule has 4 atom stereocenters. The third kappa shape index (κ3) is 34.4. The summed E-state index contributed by atoms with van der Waals surface area (Å²) in [6.07, 6.45) is 15.1. The van der Waals surface area contributed by atoms with Crippen molar-refractivity contribution in [1.82, 2.24) is 0 Å². The monoisotopic (exact) mass is 1590 g/mol. The quantitative estimate of drug-likeness (QED) is 0.0196. The molecule has 2 saturated heterocycles. The zero-order valence-electron chi connectivity index (χ0n) is 50.8. The van der Waals surface area contributed by atoms with E-state index in [-0.39, 0.29) is 167 Å². The average molecular weight is 1600 g/mol. The number of aromatic hydroxyl groups is 2. The number of alkyl halides is 1. The van der Waals surface area contributed by atoms with Crippen LogP contribution in [0.1, 0.15) is 97.8 Å². The van der Waals surface area contributed by atoms with Crippen molar-refractivity contribution in [3.63, 3.8) is 0 Å². The van der Waals surface area contributed by atoms with E-state index in [0.717, 1.165) is 107 Å². The van der Waals surface area contributed by atoms with Gasteiger partial charge in [-0.05, 0) is 216 Å². The third-order valence-corrected chi connectivity index (χ3v) is 20.6. The van der Waals surface area contributed by atoms with Crippen LogP contribution in [0.5, 0.6) is 34.5 Å². The fraction of sp³-hybridized carbons (Fsp3) is 0.426. The number of hydrogen-bond acceptors (Lipinski definition) is 16. The first-order chi connectivity index (χ1) is 41.3. The van der Waals surface area contributed by atoms with Crippen LogP contribution in [0.15, 0.2) is 175 Å². The van der Waals surface area contributed by atoms with Crippen molar-refractivity contribution in [2.75, 3.05) is 31.8 Å². The molecule has 6 aromatic carbocycles. The van der Waals surface area contributed by atoms with Gasteiger partial charge in [0.05, 0.1) is 31.9 Å². The minimum absolute atomic E-state index is 0. The molecule has 0 amide bonds. The van der Waals surface area contributed by atoms with Crippen LogP contribution in [0.2, 0.25) is 0 Å². The van der Waals surface area contributed by atoms with Crippen LogP contribution >= 0.6 is 83.5 Å². The average Bonchev–Trinajstić information content (AvgIpc) is 4.32. The zero-order valence-corrected chi connectivity index (χ0v) is 69.9. The summed E-state index contributed by atoms with van der Waals surface area (Å²) in [5.41, 5.74) is 0.263. The van der Waals surface area contributed by atoms with Gasteiger partial charge < -0.3 is 43.4 Å². The topological polar surface area (TPSA) is 122 Å². The fourth-order valence-electron chi connectivity index (χ4n) is 7.73. The van der Waals surface area contributed by atoms with Crippen molar-refractivity contribution in [3.8, 4) is 34.5 Å². The van der Waals surface area contributed by atoms with Gasteiger partial charge in [0.2, 0.25) is 0 Å². The predicted molar refractivity (Wildman–Crippen MR) is 356 cm³/mol. The van der Waals surface area contributed by atoms with E-state index in [1.807, 2.05) is 68.1 Å². The predicted octanol–water partition coefficient (Wildman–Crippen LogP) is 13.7. The van der Waals surface area contributed by atoms with E-state index in [1.54, 1.807) is 97.9 Å². The second kappa shape index (κ2) is 42.6. The summed E-state index contributed by atoms with van der Waals surface area (Å²) in [6, 6.07) is 47.1. The van der Waals surface area contributed by atoms with Crippen LogP contribution < -0.4 is 157 Å². The Bertz CT molecular complexity index is 2830. The van der Waals surface area contributed by atoms with E-state index in [9.17, 15) is 15.0 Å². The maximum atomic E-state index is 10.4. The molecular weight excluding hydrogens is 1510 g/mol. The standard InChI is InChI=1S/C20H22O2S2.C15H19O2S.C12H10O2S2.C10H12OS.C7H11O3.C4H7Br.2Cs/c1-3-17(21-13-15-7-8-15)11-19(5-1)23-24-20-6-2-4-18(12-20)22-14-16-9-10-16;1-11-7-15(17-9-11)18-14-4-2-3-13(8-14)16-10-12-5-6-12;13-9-3-1-5-11(7-9)15-16-12-6-2-4-10(14)8-12;12-10-3-1-2-9(6-10)11-7-8-4-5-8;1-5-3-7(9-4-5)10-6(2)8;5-3-4-1-2-4;;/h1-6,11-12,15-16H,7-10,13-14H2;2-4,8-9,11-12,15H,5-7,10H2,1H3;1-8,13-14H;1-3,6,8,12H,4-5,7H2;4-5,7H,3H2,1-2H3;4H,1-3H2;;/q;-1;;;-1;;2*+1/t;11-,15?;;;5-,7?;;;/m.1..1.../s1. The molecule has 10 nitrogen and oxygen atoms in total. The molecule has 0 aromatic heterocycles. The number of esters is 1. The summed E-state index contributed by atoms with van der Waals surface area (Å²) in [6.45, 7) is 12.7. The number of thiol groups is 1. The normalized spacial score (nSPS) is 19.5. The maximum Gasteiger partial charge on any atom is 1.00 e. The first kappa shape index (κ1) is 76.2. The van der Waals surface area contributed by atoms with Crippen LogP contribution in [0.4, 0.5) is 0 Å². The number of thioether (sulfide) groups is 1. The minimum atomic E-state index is -0.340. The zero-order chi connectivity index (χ0) is 59.6. The Balaban J connectivity index is 0.000000174. The van der Waals surface area contributed by atoms with Crippen molar-refractivity contribution in [3.05, 3.63) is 159 Å². The molecule has 5 saturated carbocycles. The van der Waals surface area contributed by atoms with Gasteiger partial charge in [-0.25, -0.2) is 13.2 Å². The molecule has 87 heavy (non-hydrogen) atoms. The van der Waals surface area contributed by atoms with E-state index in [2.05, 4.69) is 90.1 Å². The molecule has 6 aromatic rings. The van der Waals surface area contributed by atoms with Crippen LogP contribution in [0.3, 0.4) is 0 Å². The minimum Gasteiger partial charge on any atom is -0.542 e. The van der Waals surface area contributed by atoms with Crippen molar-refractivity contribution in [1.29, 1.82) is 0 Å². The Morgan fingerprint density at radius 3 is 1.20 bits per heavy atom. The molecule has 7 aliphatic rings. The molecule has 2 N–H and O–H groups in total. The van der Waals surface area contributed by atoms with Crippen LogP contribution in [-0.2, 0) is 19.0 Å². The van der Waals surface area contributed by atoms with Crippen molar-refractivity contribution >= 4 is 89.5 Å². The second-order valence-electron chi connectivity index (χ2n) is 22.4. The SMILES string of the molecule is BrCC1CC1.CC(=O)OC1C[C@@H](C)[CH-]O1.C[C@H]1[CH-]OC(Sc2cccc(OCC3CC3)c2)C1.Oc1cccc(SSc2cccc(O)c2)c1.Sc1cccc(OCC2CC2)c1.[Cs+].[Cs+].c1cc(OCC2CC2)cc(SSc2cccc(OCC3CC3)c2)c1. The Morgan fingerprint density at radius 1 is 0.506 bits per heavy atom. The smallest absolute Gasteiger partial charge is 0.542 e. The number of phenolic OH excluding ortho intramolecular Hbond substituents is 2. The molecule has 7 fully saturated rings. The Morgan fingerprint density at radius 2 is 0.862 bits per heavy atom.